The largest absolute Gasteiger partial charge is 0.592 e. The molecule has 0 saturated carbocycles. The third-order valence-corrected chi connectivity index (χ3v) is 2.76. The zero-order chi connectivity index (χ0) is 8.97. The summed E-state index contributed by atoms with van der Waals surface area (Å²) >= 11 is 10.7. The van der Waals surface area contributed by atoms with E-state index < -0.39 is 12.6 Å². The molecular weight excluding hydrogens is 218 g/mol. The van der Waals surface area contributed by atoms with E-state index in [4.69, 9.17) is 27.7 Å². The molecule has 0 aliphatic heterocycles. The van der Waals surface area contributed by atoms with Gasteiger partial charge < -0.3 is 0 Å². The minimum absolute atomic E-state index is 0.505. The van der Waals surface area contributed by atoms with Gasteiger partial charge in [0.05, 0.1) is 0 Å². The molecule has 0 spiro atoms. The molecule has 0 amide bonds. The van der Waals surface area contributed by atoms with Crippen molar-refractivity contribution in [2.75, 3.05) is 0 Å². The maximum Gasteiger partial charge on any atom is 0.592 e. The van der Waals surface area contributed by atoms with Crippen molar-refractivity contribution in [3.05, 3.63) is 30.3 Å². The SMILES string of the molecule is O=[P+](Oc1ccccc1)C(Cl)Cl. The second kappa shape index (κ2) is 4.66. The molecule has 0 aliphatic rings. The highest BCUT2D eigenvalue weighted by Gasteiger charge is 2.29. The number of halogens is 2. The van der Waals surface area contributed by atoms with Crippen LogP contribution >= 0.6 is 31.2 Å². The second-order valence-electron chi connectivity index (χ2n) is 1.97. The first-order chi connectivity index (χ1) is 5.70. The number of rotatable bonds is 3. The van der Waals surface area contributed by atoms with Gasteiger partial charge in [0.2, 0.25) is 0 Å². The van der Waals surface area contributed by atoms with E-state index in [-0.39, 0.29) is 0 Å². The Labute approximate surface area is 81.3 Å². The van der Waals surface area contributed by atoms with Crippen molar-refractivity contribution in [3.63, 3.8) is 0 Å². The average molecular weight is 224 g/mol. The number of hydrogen-bond donors (Lipinski definition) is 0. The molecule has 1 aromatic carbocycles. The summed E-state index contributed by atoms with van der Waals surface area (Å²) in [6, 6.07) is 8.75. The van der Waals surface area contributed by atoms with Crippen LogP contribution in [0, 0.1) is 0 Å². The van der Waals surface area contributed by atoms with Crippen LogP contribution in [0.2, 0.25) is 0 Å². The first-order valence-corrected chi connectivity index (χ1v) is 5.29. The van der Waals surface area contributed by atoms with Crippen molar-refractivity contribution in [2.45, 2.75) is 4.58 Å². The minimum atomic E-state index is -2.03. The van der Waals surface area contributed by atoms with Crippen molar-refractivity contribution in [1.29, 1.82) is 0 Å². The van der Waals surface area contributed by atoms with Gasteiger partial charge in [0, 0.05) is 0 Å². The van der Waals surface area contributed by atoms with Gasteiger partial charge in [-0.2, -0.15) is 0 Å². The van der Waals surface area contributed by atoms with Crippen LogP contribution in [0.1, 0.15) is 0 Å². The van der Waals surface area contributed by atoms with Crippen molar-refractivity contribution >= 4 is 31.2 Å². The van der Waals surface area contributed by atoms with Crippen molar-refractivity contribution < 1.29 is 9.09 Å². The predicted octanol–water partition coefficient (Wildman–Crippen LogP) is 3.57. The Morgan fingerprint density at radius 1 is 1.25 bits per heavy atom. The van der Waals surface area contributed by atoms with E-state index >= 15 is 0 Å². The Morgan fingerprint density at radius 3 is 2.33 bits per heavy atom. The Bertz CT molecular complexity index is 263. The van der Waals surface area contributed by atoms with E-state index in [2.05, 4.69) is 0 Å². The number of hydrogen-bond acceptors (Lipinski definition) is 2. The molecule has 12 heavy (non-hydrogen) atoms. The van der Waals surface area contributed by atoms with Crippen LogP contribution in [0.4, 0.5) is 0 Å². The number of para-hydroxylation sites is 1. The summed E-state index contributed by atoms with van der Waals surface area (Å²) in [5.41, 5.74) is 0. The second-order valence-corrected chi connectivity index (χ2v) is 4.94. The lowest BCUT2D eigenvalue weighted by Gasteiger charge is -1.91. The van der Waals surface area contributed by atoms with Crippen LogP contribution in [0.15, 0.2) is 30.3 Å². The average Bonchev–Trinajstić information content (AvgIpc) is 2.06. The zero-order valence-electron chi connectivity index (χ0n) is 5.98. The summed E-state index contributed by atoms with van der Waals surface area (Å²) in [5, 5.41) is 0. The standard InChI is InChI=1S/C7H6Cl2O2P/c8-7(9)12(10)11-6-4-2-1-3-5-6/h1-5,7H/q+1. The van der Waals surface area contributed by atoms with E-state index in [9.17, 15) is 4.57 Å². The third-order valence-electron chi connectivity index (χ3n) is 1.10. The van der Waals surface area contributed by atoms with Gasteiger partial charge in [0.15, 0.2) is 5.75 Å². The quantitative estimate of drug-likeness (QED) is 0.579. The van der Waals surface area contributed by atoms with Crippen molar-refractivity contribution in [1.82, 2.24) is 0 Å². The molecule has 0 N–H and O–H groups in total. The van der Waals surface area contributed by atoms with E-state index in [0.29, 0.717) is 5.75 Å². The van der Waals surface area contributed by atoms with Crippen molar-refractivity contribution in [3.8, 4) is 5.75 Å². The van der Waals surface area contributed by atoms with Crippen molar-refractivity contribution in [2.24, 2.45) is 0 Å². The van der Waals surface area contributed by atoms with Gasteiger partial charge in [-0.25, -0.2) is 0 Å². The first-order valence-electron chi connectivity index (χ1n) is 3.17. The molecule has 2 nitrogen and oxygen atoms in total. The number of alkyl halides is 2. The molecular formula is C7H6Cl2O2P+. The predicted molar refractivity (Wildman–Crippen MR) is 50.2 cm³/mol. The van der Waals surface area contributed by atoms with Crippen LogP contribution in [-0.2, 0) is 4.57 Å². The molecule has 0 heterocycles. The summed E-state index contributed by atoms with van der Waals surface area (Å²) in [6.07, 6.45) is 0. The number of benzene rings is 1. The third kappa shape index (κ3) is 2.98. The van der Waals surface area contributed by atoms with Gasteiger partial charge in [-0.3, -0.25) is 4.52 Å². The molecule has 0 saturated heterocycles. The van der Waals surface area contributed by atoms with Crippen LogP contribution in [0.25, 0.3) is 0 Å². The van der Waals surface area contributed by atoms with Gasteiger partial charge in [-0.15, -0.1) is 0 Å². The fourth-order valence-electron chi connectivity index (χ4n) is 0.625. The van der Waals surface area contributed by atoms with Gasteiger partial charge in [-0.05, 0) is 39.9 Å². The molecule has 1 unspecified atom stereocenters. The molecule has 0 bridgehead atoms. The van der Waals surface area contributed by atoms with Crippen LogP contribution < -0.4 is 4.52 Å². The molecule has 1 aromatic rings. The van der Waals surface area contributed by atoms with Crippen LogP contribution in [0.3, 0.4) is 0 Å². The summed E-state index contributed by atoms with van der Waals surface area (Å²) < 4.78 is 14.9. The van der Waals surface area contributed by atoms with Crippen LogP contribution in [-0.4, -0.2) is 4.58 Å². The highest BCUT2D eigenvalue weighted by molar-refractivity contribution is 7.45. The monoisotopic (exact) mass is 223 g/mol. The summed E-state index contributed by atoms with van der Waals surface area (Å²) in [5.74, 6) is 0.505. The van der Waals surface area contributed by atoms with Gasteiger partial charge in [-0.1, -0.05) is 18.2 Å². The molecule has 0 aromatic heterocycles. The zero-order valence-corrected chi connectivity index (χ0v) is 8.39. The molecule has 0 aliphatic carbocycles. The van der Waals surface area contributed by atoms with E-state index in [0.717, 1.165) is 0 Å². The molecule has 64 valence electrons. The van der Waals surface area contributed by atoms with Crippen LogP contribution in [0.5, 0.6) is 5.75 Å². The Hall–Kier alpha value is -0.300. The first kappa shape index (κ1) is 9.79. The highest BCUT2D eigenvalue weighted by atomic mass is 35.5. The Morgan fingerprint density at radius 2 is 1.83 bits per heavy atom. The smallest absolute Gasteiger partial charge is 0.252 e. The topological polar surface area (TPSA) is 26.3 Å². The summed E-state index contributed by atoms with van der Waals surface area (Å²) in [4.78, 5) is 0. The van der Waals surface area contributed by atoms with Gasteiger partial charge in [0.1, 0.15) is 0 Å². The lowest BCUT2D eigenvalue weighted by molar-refractivity contribution is 0.507. The van der Waals surface area contributed by atoms with Gasteiger partial charge in [0.25, 0.3) is 0 Å². The fourth-order valence-corrected chi connectivity index (χ4v) is 1.27. The highest BCUT2D eigenvalue weighted by Crippen LogP contribution is 2.36. The minimum Gasteiger partial charge on any atom is -0.252 e. The van der Waals surface area contributed by atoms with E-state index in [1.54, 1.807) is 24.3 Å². The molecule has 0 radical (unpaired) electrons. The lowest BCUT2D eigenvalue weighted by Crippen LogP contribution is -1.86. The van der Waals surface area contributed by atoms with E-state index in [1.165, 1.54) is 0 Å². The molecule has 1 atom stereocenters. The summed E-state index contributed by atoms with van der Waals surface area (Å²) in [6.45, 7) is 0. The normalized spacial score (nSPS) is 11.4. The lowest BCUT2D eigenvalue weighted by atomic mass is 10.3. The fraction of sp³-hybridized carbons (Fsp3) is 0.143. The maximum absolute atomic E-state index is 11.0. The van der Waals surface area contributed by atoms with Gasteiger partial charge >= 0.3 is 12.6 Å². The maximum atomic E-state index is 11.0. The molecule has 1 rings (SSSR count). The Kier molecular flexibility index (Phi) is 3.80. The Balaban J connectivity index is 2.59. The van der Waals surface area contributed by atoms with E-state index in [1.807, 2.05) is 6.07 Å². The summed E-state index contributed by atoms with van der Waals surface area (Å²) in [7, 11) is -2.03. The molecule has 0 fully saturated rings. The molecule has 5 heteroatoms.